The lowest BCUT2D eigenvalue weighted by atomic mass is 9.89. The molecule has 0 saturated heterocycles. The molecule has 1 aliphatic rings. The fourth-order valence-corrected chi connectivity index (χ4v) is 4.13. The SMILES string of the molecule is CCCCCS/C=C/[C@H]1[C@H](O)CC(=O)[C@@H]1CCCCCCC(=O)OC. The monoisotopic (exact) mass is 370 g/mol. The van der Waals surface area contributed by atoms with E-state index in [1.807, 2.05) is 6.08 Å². The molecular formula is C20H34O4S. The Balaban J connectivity index is 2.28. The lowest BCUT2D eigenvalue weighted by Crippen LogP contribution is -2.18. The third-order valence-corrected chi connectivity index (χ3v) is 5.74. The van der Waals surface area contributed by atoms with Crippen LogP contribution in [0.4, 0.5) is 0 Å². The van der Waals surface area contributed by atoms with Crippen LogP contribution in [0.5, 0.6) is 0 Å². The van der Waals surface area contributed by atoms with E-state index in [1.165, 1.54) is 26.4 Å². The number of rotatable bonds is 13. The number of ketones is 1. The van der Waals surface area contributed by atoms with E-state index in [2.05, 4.69) is 17.1 Å². The molecule has 25 heavy (non-hydrogen) atoms. The summed E-state index contributed by atoms with van der Waals surface area (Å²) in [5, 5.41) is 12.2. The normalized spacial score (nSPS) is 23.5. The summed E-state index contributed by atoms with van der Waals surface area (Å²) in [6.45, 7) is 2.20. The van der Waals surface area contributed by atoms with Crippen LogP contribution in [-0.4, -0.2) is 35.8 Å². The predicted molar refractivity (Wildman–Crippen MR) is 103 cm³/mol. The van der Waals surface area contributed by atoms with Gasteiger partial charge in [-0.3, -0.25) is 9.59 Å². The number of unbranched alkanes of at least 4 members (excludes halogenated alkanes) is 5. The molecule has 4 nitrogen and oxygen atoms in total. The number of ether oxygens (including phenoxy) is 1. The van der Waals surface area contributed by atoms with Gasteiger partial charge in [0.15, 0.2) is 0 Å². The highest BCUT2D eigenvalue weighted by Gasteiger charge is 2.39. The highest BCUT2D eigenvalue weighted by Crippen LogP contribution is 2.34. The number of methoxy groups -OCH3 is 1. The van der Waals surface area contributed by atoms with Gasteiger partial charge in [-0.15, -0.1) is 11.8 Å². The van der Waals surface area contributed by atoms with E-state index < -0.39 is 6.10 Å². The zero-order valence-corrected chi connectivity index (χ0v) is 16.6. The molecular weight excluding hydrogens is 336 g/mol. The number of carbonyl (C=O) groups excluding carboxylic acids is 2. The Morgan fingerprint density at radius 3 is 2.72 bits per heavy atom. The fraction of sp³-hybridized carbons (Fsp3) is 0.800. The molecule has 0 aromatic carbocycles. The average molecular weight is 371 g/mol. The van der Waals surface area contributed by atoms with Crippen molar-refractivity contribution in [1.29, 1.82) is 0 Å². The molecule has 0 spiro atoms. The Hall–Kier alpha value is -0.810. The van der Waals surface area contributed by atoms with Gasteiger partial charge in [-0.1, -0.05) is 45.1 Å². The molecule has 0 bridgehead atoms. The van der Waals surface area contributed by atoms with Gasteiger partial charge in [-0.25, -0.2) is 0 Å². The zero-order chi connectivity index (χ0) is 18.5. The van der Waals surface area contributed by atoms with Crippen LogP contribution in [0.25, 0.3) is 0 Å². The van der Waals surface area contributed by atoms with E-state index >= 15 is 0 Å². The molecule has 0 amide bonds. The van der Waals surface area contributed by atoms with Gasteiger partial charge < -0.3 is 9.84 Å². The fourth-order valence-electron chi connectivity index (χ4n) is 3.33. The molecule has 1 N–H and O–H groups in total. The number of carbonyl (C=O) groups is 2. The lowest BCUT2D eigenvalue weighted by molar-refractivity contribution is -0.140. The number of aliphatic hydroxyl groups is 1. The number of esters is 1. The highest BCUT2D eigenvalue weighted by molar-refractivity contribution is 8.02. The van der Waals surface area contributed by atoms with E-state index in [0.717, 1.165) is 37.9 Å². The van der Waals surface area contributed by atoms with Gasteiger partial charge in [0, 0.05) is 24.7 Å². The van der Waals surface area contributed by atoms with Crippen molar-refractivity contribution in [3.05, 3.63) is 11.5 Å². The van der Waals surface area contributed by atoms with Crippen molar-refractivity contribution in [2.75, 3.05) is 12.9 Å². The summed E-state index contributed by atoms with van der Waals surface area (Å²) in [5.41, 5.74) is 0. The van der Waals surface area contributed by atoms with Crippen LogP contribution in [0.2, 0.25) is 0 Å². The van der Waals surface area contributed by atoms with Crippen molar-refractivity contribution in [2.24, 2.45) is 11.8 Å². The van der Waals surface area contributed by atoms with E-state index in [9.17, 15) is 14.7 Å². The molecule has 1 aliphatic carbocycles. The second kappa shape index (κ2) is 13.4. The van der Waals surface area contributed by atoms with Crippen molar-refractivity contribution in [3.8, 4) is 0 Å². The van der Waals surface area contributed by atoms with Gasteiger partial charge in [0.05, 0.1) is 13.2 Å². The van der Waals surface area contributed by atoms with E-state index in [1.54, 1.807) is 11.8 Å². The van der Waals surface area contributed by atoms with Crippen molar-refractivity contribution >= 4 is 23.5 Å². The van der Waals surface area contributed by atoms with Gasteiger partial charge >= 0.3 is 5.97 Å². The van der Waals surface area contributed by atoms with Crippen molar-refractivity contribution in [1.82, 2.24) is 0 Å². The first-order valence-electron chi connectivity index (χ1n) is 9.66. The summed E-state index contributed by atoms with van der Waals surface area (Å²) in [5.74, 6) is 1.08. The largest absolute Gasteiger partial charge is 0.469 e. The molecule has 3 atom stereocenters. The molecule has 1 rings (SSSR count). The number of hydrogen-bond donors (Lipinski definition) is 1. The first-order valence-corrected chi connectivity index (χ1v) is 10.7. The first kappa shape index (κ1) is 22.2. The Morgan fingerprint density at radius 1 is 1.24 bits per heavy atom. The average Bonchev–Trinajstić information content (AvgIpc) is 2.87. The predicted octanol–water partition coefficient (Wildman–Crippen LogP) is 4.50. The number of aliphatic hydroxyl groups excluding tert-OH is 1. The molecule has 0 unspecified atom stereocenters. The summed E-state index contributed by atoms with van der Waals surface area (Å²) >= 11 is 1.78. The quantitative estimate of drug-likeness (QED) is 0.382. The Bertz CT molecular complexity index is 422. The lowest BCUT2D eigenvalue weighted by Gasteiger charge is -2.17. The van der Waals surface area contributed by atoms with E-state index in [4.69, 9.17) is 0 Å². The smallest absolute Gasteiger partial charge is 0.305 e. The maximum atomic E-state index is 12.2. The third kappa shape index (κ3) is 8.91. The maximum Gasteiger partial charge on any atom is 0.305 e. The summed E-state index contributed by atoms with van der Waals surface area (Å²) in [6.07, 6.45) is 10.6. The van der Waals surface area contributed by atoms with Crippen LogP contribution in [-0.2, 0) is 14.3 Å². The molecule has 0 aromatic heterocycles. The van der Waals surface area contributed by atoms with Crippen LogP contribution < -0.4 is 0 Å². The number of Topliss-reactive ketones (excluding diaryl/α,β-unsaturated/α-hetero) is 1. The minimum atomic E-state index is -0.524. The maximum absolute atomic E-state index is 12.2. The Morgan fingerprint density at radius 2 is 2.00 bits per heavy atom. The minimum Gasteiger partial charge on any atom is -0.469 e. The van der Waals surface area contributed by atoms with E-state index in [-0.39, 0.29) is 23.6 Å². The third-order valence-electron chi connectivity index (χ3n) is 4.87. The Labute approximate surface area is 156 Å². The topological polar surface area (TPSA) is 63.6 Å². The van der Waals surface area contributed by atoms with Gasteiger partial charge in [0.2, 0.25) is 0 Å². The van der Waals surface area contributed by atoms with E-state index in [0.29, 0.717) is 12.8 Å². The van der Waals surface area contributed by atoms with Gasteiger partial charge in [0.1, 0.15) is 5.78 Å². The van der Waals surface area contributed by atoms with Gasteiger partial charge in [-0.2, -0.15) is 0 Å². The van der Waals surface area contributed by atoms with Crippen molar-refractivity contribution in [3.63, 3.8) is 0 Å². The molecule has 0 radical (unpaired) electrons. The van der Waals surface area contributed by atoms with Crippen LogP contribution >= 0.6 is 11.8 Å². The minimum absolute atomic E-state index is 0.0266. The molecule has 0 heterocycles. The second-order valence-electron chi connectivity index (χ2n) is 6.86. The first-order chi connectivity index (χ1) is 12.1. The number of hydrogen-bond acceptors (Lipinski definition) is 5. The number of thioether (sulfide) groups is 1. The molecule has 144 valence electrons. The second-order valence-corrected chi connectivity index (χ2v) is 7.87. The van der Waals surface area contributed by atoms with Crippen LogP contribution in [0.1, 0.15) is 71.1 Å². The van der Waals surface area contributed by atoms with Crippen molar-refractivity contribution < 1.29 is 19.4 Å². The van der Waals surface area contributed by atoms with Gasteiger partial charge in [0.25, 0.3) is 0 Å². The summed E-state index contributed by atoms with van der Waals surface area (Å²) in [4.78, 5) is 23.2. The molecule has 0 aromatic rings. The molecule has 1 fully saturated rings. The van der Waals surface area contributed by atoms with Crippen molar-refractivity contribution in [2.45, 2.75) is 77.2 Å². The molecule has 0 aliphatic heterocycles. The van der Waals surface area contributed by atoms with Crippen LogP contribution in [0.15, 0.2) is 11.5 Å². The summed E-state index contributed by atoms with van der Waals surface area (Å²) in [7, 11) is 1.41. The van der Waals surface area contributed by atoms with Crippen LogP contribution in [0, 0.1) is 11.8 Å². The highest BCUT2D eigenvalue weighted by atomic mass is 32.2. The molecule has 5 heteroatoms. The van der Waals surface area contributed by atoms with Gasteiger partial charge in [-0.05, 0) is 30.4 Å². The summed E-state index contributed by atoms with van der Waals surface area (Å²) < 4.78 is 4.63. The standard InChI is InChI=1S/C20H34O4S/c1-3-4-9-13-25-14-12-17-16(18(21)15-19(17)22)10-7-5-6-8-11-20(23)24-2/h12,14,16-17,19,22H,3-11,13,15H2,1-2H3/b14-12+/t16-,17-,19-/m1/s1. The Kier molecular flexibility index (Phi) is 11.9. The van der Waals surface area contributed by atoms with Crippen LogP contribution in [0.3, 0.4) is 0 Å². The summed E-state index contributed by atoms with van der Waals surface area (Å²) in [6, 6.07) is 0. The zero-order valence-electron chi connectivity index (χ0n) is 15.7. The molecule has 1 saturated carbocycles.